The summed E-state index contributed by atoms with van der Waals surface area (Å²) in [5, 5.41) is 23.9. The van der Waals surface area contributed by atoms with Gasteiger partial charge in [0.1, 0.15) is 6.61 Å². The van der Waals surface area contributed by atoms with Gasteiger partial charge in [0.25, 0.3) is 0 Å². The minimum absolute atomic E-state index is 0.00358. The molecule has 1 aliphatic heterocycles. The second kappa shape index (κ2) is 7.79. The number of cyclic esters (lactones) is 1. The van der Waals surface area contributed by atoms with Gasteiger partial charge in [0, 0.05) is 24.6 Å². The molecule has 0 saturated heterocycles. The number of nitrogens with two attached hydrogens (primary N) is 1. The van der Waals surface area contributed by atoms with Gasteiger partial charge in [-0.1, -0.05) is 13.8 Å². The summed E-state index contributed by atoms with van der Waals surface area (Å²) in [4.78, 5) is 25.8. The Morgan fingerprint density at radius 3 is 2.61 bits per heavy atom. The lowest BCUT2D eigenvalue weighted by molar-refractivity contribution is -0.243. The molecule has 0 aromatic rings. The molecular weight excluding hydrogens is 420 g/mol. The summed E-state index contributed by atoms with van der Waals surface area (Å²) >= 11 is 0. The van der Waals surface area contributed by atoms with E-state index in [1.165, 1.54) is 0 Å². The maximum Gasteiger partial charge on any atom is 0.331 e. The van der Waals surface area contributed by atoms with E-state index >= 15 is 0 Å². The average Bonchev–Trinajstić information content (AvgIpc) is 3.34. The summed E-state index contributed by atoms with van der Waals surface area (Å²) in [6.45, 7) is 4.75. The van der Waals surface area contributed by atoms with Crippen molar-refractivity contribution in [3.63, 3.8) is 0 Å². The van der Waals surface area contributed by atoms with Crippen LogP contribution in [0.3, 0.4) is 0 Å². The first kappa shape index (κ1) is 23.3. The zero-order chi connectivity index (χ0) is 23.8. The number of hydrogen-bond donors (Lipinski definition) is 3. The molecule has 1 heterocycles. The maximum absolute atomic E-state index is 12.3. The van der Waals surface area contributed by atoms with Crippen molar-refractivity contribution in [2.45, 2.75) is 83.0 Å². The van der Waals surface area contributed by atoms with E-state index in [1.54, 1.807) is 6.08 Å². The third kappa shape index (κ3) is 3.11. The van der Waals surface area contributed by atoms with Crippen LogP contribution in [-0.2, 0) is 14.3 Å². The number of ether oxygens (including phenoxy) is 1. The van der Waals surface area contributed by atoms with Gasteiger partial charge in [0.15, 0.2) is 0 Å². The van der Waals surface area contributed by atoms with Gasteiger partial charge in [0.2, 0.25) is 5.91 Å². The molecule has 184 valence electrons. The molecule has 7 nitrogen and oxygen atoms in total. The van der Waals surface area contributed by atoms with E-state index in [9.17, 15) is 19.8 Å². The standard InChI is InChI=1S/C26H40N2O5/c1-24-8-6-17(28(3)22(30)13-27)11-16(24)4-5-19-20(24)12-21(29)25(2)18(7-9-26(19,25)32)15-10-23(31)33-14-15/h10,16-21,29,32H,4-9,11-14,27H2,1-3H3/t16-,17-,18-,19-,20-,21-,24-,25-,26-/m1/s1. The van der Waals surface area contributed by atoms with Crippen molar-refractivity contribution in [2.24, 2.45) is 40.2 Å². The molecule has 0 bridgehead atoms. The summed E-state index contributed by atoms with van der Waals surface area (Å²) in [5.41, 5.74) is 4.98. The zero-order valence-electron chi connectivity index (χ0n) is 20.3. The second-order valence-electron chi connectivity index (χ2n) is 12.0. The lowest BCUT2D eigenvalue weighted by atomic mass is 9.42. The Morgan fingerprint density at radius 1 is 1.18 bits per heavy atom. The summed E-state index contributed by atoms with van der Waals surface area (Å²) in [6.07, 6.45) is 8.01. The van der Waals surface area contributed by atoms with Crippen LogP contribution >= 0.6 is 0 Å². The van der Waals surface area contributed by atoms with Crippen LogP contribution < -0.4 is 5.73 Å². The molecule has 0 aromatic carbocycles. The molecule has 33 heavy (non-hydrogen) atoms. The molecule has 4 fully saturated rings. The molecule has 5 rings (SSSR count). The lowest BCUT2D eigenvalue weighted by Gasteiger charge is -2.65. The van der Waals surface area contributed by atoms with Crippen LogP contribution in [-0.4, -0.2) is 64.9 Å². The fourth-order valence-corrected chi connectivity index (χ4v) is 9.07. The first-order valence-electron chi connectivity index (χ1n) is 12.8. The monoisotopic (exact) mass is 460 g/mol. The van der Waals surface area contributed by atoms with E-state index < -0.39 is 17.1 Å². The number of esters is 1. The first-order chi connectivity index (χ1) is 15.6. The van der Waals surface area contributed by atoms with Gasteiger partial charge in [-0.25, -0.2) is 4.79 Å². The summed E-state index contributed by atoms with van der Waals surface area (Å²) < 4.78 is 5.19. The van der Waals surface area contributed by atoms with E-state index in [4.69, 9.17) is 10.5 Å². The Hall–Kier alpha value is -1.44. The molecular formula is C26H40N2O5. The summed E-state index contributed by atoms with van der Waals surface area (Å²) in [7, 11) is 1.87. The SMILES string of the molecule is CN(C(=O)CN)[C@@H]1CC[C@]2(C)[C@H](CC[C@@H]3[C@H]2C[C@@H](O)[C@@]2(C)[C@@H](C4=CC(=O)OC4)CC[C@@]32O)C1. The number of aliphatic hydroxyl groups excluding tert-OH is 1. The van der Waals surface area contributed by atoms with Crippen LogP contribution in [0.25, 0.3) is 0 Å². The van der Waals surface area contributed by atoms with Crippen LogP contribution in [0.2, 0.25) is 0 Å². The largest absolute Gasteiger partial charge is 0.458 e. The number of carbonyl (C=O) groups is 2. The third-order valence-electron chi connectivity index (χ3n) is 11.2. The van der Waals surface area contributed by atoms with Gasteiger partial charge in [-0.2, -0.15) is 0 Å². The molecule has 4 aliphatic carbocycles. The van der Waals surface area contributed by atoms with Gasteiger partial charge >= 0.3 is 5.97 Å². The van der Waals surface area contributed by atoms with E-state index in [2.05, 4.69) is 6.92 Å². The van der Waals surface area contributed by atoms with Crippen molar-refractivity contribution in [3.05, 3.63) is 11.6 Å². The lowest BCUT2D eigenvalue weighted by Crippen LogP contribution is -2.67. The van der Waals surface area contributed by atoms with Crippen LogP contribution in [0.15, 0.2) is 11.6 Å². The van der Waals surface area contributed by atoms with Crippen molar-refractivity contribution in [3.8, 4) is 0 Å². The van der Waals surface area contributed by atoms with E-state index in [0.29, 0.717) is 18.8 Å². The quantitative estimate of drug-likeness (QED) is 0.555. The maximum atomic E-state index is 12.3. The molecule has 9 atom stereocenters. The van der Waals surface area contributed by atoms with Gasteiger partial charge in [-0.15, -0.1) is 0 Å². The van der Waals surface area contributed by atoms with E-state index in [1.807, 2.05) is 18.9 Å². The van der Waals surface area contributed by atoms with Crippen LogP contribution in [0.1, 0.15) is 65.2 Å². The van der Waals surface area contributed by atoms with Crippen LogP contribution in [0, 0.1) is 34.5 Å². The highest BCUT2D eigenvalue weighted by molar-refractivity contribution is 5.85. The fourth-order valence-electron chi connectivity index (χ4n) is 9.07. The normalized spacial score (nSPS) is 48.9. The molecule has 0 aromatic heterocycles. The van der Waals surface area contributed by atoms with Crippen molar-refractivity contribution < 1.29 is 24.5 Å². The molecule has 0 radical (unpaired) electrons. The highest BCUT2D eigenvalue weighted by atomic mass is 16.5. The minimum Gasteiger partial charge on any atom is -0.458 e. The fraction of sp³-hybridized carbons (Fsp3) is 0.846. The predicted octanol–water partition coefficient (Wildman–Crippen LogP) is 2.00. The number of carbonyl (C=O) groups excluding carboxylic acids is 2. The molecule has 1 amide bonds. The molecule has 4 N–H and O–H groups in total. The number of fused-ring (bicyclic) bond motifs is 5. The second-order valence-corrected chi connectivity index (χ2v) is 12.0. The van der Waals surface area contributed by atoms with Crippen molar-refractivity contribution in [2.75, 3.05) is 20.2 Å². The van der Waals surface area contributed by atoms with Crippen molar-refractivity contribution in [1.82, 2.24) is 4.90 Å². The van der Waals surface area contributed by atoms with E-state index in [0.717, 1.165) is 44.1 Å². The Bertz CT molecular complexity index is 875. The highest BCUT2D eigenvalue weighted by Crippen LogP contribution is 2.70. The van der Waals surface area contributed by atoms with Crippen LogP contribution in [0.5, 0.6) is 0 Å². The molecule has 4 saturated carbocycles. The molecule has 5 aliphatic rings. The van der Waals surface area contributed by atoms with Gasteiger partial charge in [0.05, 0.1) is 18.2 Å². The Balaban J connectivity index is 1.41. The highest BCUT2D eigenvalue weighted by Gasteiger charge is 2.70. The van der Waals surface area contributed by atoms with Crippen molar-refractivity contribution >= 4 is 11.9 Å². The van der Waals surface area contributed by atoms with Gasteiger partial charge < -0.3 is 25.6 Å². The summed E-state index contributed by atoms with van der Waals surface area (Å²) in [5.74, 6) is 0.547. The predicted molar refractivity (Wildman–Crippen MR) is 123 cm³/mol. The summed E-state index contributed by atoms with van der Waals surface area (Å²) in [6, 6.07) is 0.222. The Morgan fingerprint density at radius 2 is 1.94 bits per heavy atom. The van der Waals surface area contributed by atoms with E-state index in [-0.39, 0.29) is 54.2 Å². The zero-order valence-corrected chi connectivity index (χ0v) is 20.3. The Labute approximate surface area is 196 Å². The minimum atomic E-state index is -0.941. The number of aliphatic hydroxyl groups is 2. The van der Waals surface area contributed by atoms with Gasteiger partial charge in [-0.3, -0.25) is 4.79 Å². The Kier molecular flexibility index (Phi) is 5.50. The number of amides is 1. The third-order valence-corrected chi connectivity index (χ3v) is 11.2. The topological polar surface area (TPSA) is 113 Å². The average molecular weight is 461 g/mol. The van der Waals surface area contributed by atoms with Crippen molar-refractivity contribution in [1.29, 1.82) is 0 Å². The first-order valence-corrected chi connectivity index (χ1v) is 12.8. The number of likely N-dealkylation sites (N-methyl/N-ethyl adjacent to an activating group) is 1. The number of hydrogen-bond acceptors (Lipinski definition) is 6. The molecule has 0 unspecified atom stereocenters. The molecule has 7 heteroatoms. The van der Waals surface area contributed by atoms with Crippen LogP contribution in [0.4, 0.5) is 0 Å². The van der Waals surface area contributed by atoms with Gasteiger partial charge in [-0.05, 0) is 86.0 Å². The molecule has 0 spiro atoms. The smallest absolute Gasteiger partial charge is 0.331 e. The number of rotatable bonds is 3. The number of nitrogens with zero attached hydrogens (tertiary/aromatic N) is 1.